The predicted molar refractivity (Wildman–Crippen MR) is 88.3 cm³/mol. The first-order valence-electron chi connectivity index (χ1n) is 12.0. The molecule has 0 aliphatic heterocycles. The largest absolute Gasteiger partial charge is 0.0496 e. The lowest BCUT2D eigenvalue weighted by molar-refractivity contribution is -0.506. The molecule has 0 saturated heterocycles. The van der Waals surface area contributed by atoms with E-state index in [2.05, 4.69) is 0 Å². The summed E-state index contributed by atoms with van der Waals surface area (Å²) < 4.78 is 0. The number of hydrogen-bond acceptors (Lipinski definition) is 0. The molecule has 11 rings (SSSR count). The van der Waals surface area contributed by atoms with Crippen LogP contribution in [0.5, 0.6) is 0 Å². The van der Waals surface area contributed by atoms with Gasteiger partial charge in [-0.1, -0.05) is 0 Å². The van der Waals surface area contributed by atoms with Crippen molar-refractivity contribution in [3.05, 3.63) is 0 Å². The molecule has 0 bridgehead atoms. The summed E-state index contributed by atoms with van der Waals surface area (Å²) in [6.45, 7) is 0. The minimum absolute atomic E-state index is 1.27. The van der Waals surface area contributed by atoms with Gasteiger partial charge < -0.3 is 0 Å². The number of hydrogen-bond donors (Lipinski definition) is 0. The number of fused-ring (bicyclic) bond motifs is 28. The molecule has 0 nitrogen and oxygen atoms in total. The van der Waals surface area contributed by atoms with Gasteiger partial charge in [0.25, 0.3) is 0 Å². The maximum atomic E-state index is 1.65. The number of rotatable bonds is 0. The van der Waals surface area contributed by atoms with Crippen molar-refractivity contribution < 1.29 is 0 Å². The zero-order valence-electron chi connectivity index (χ0n) is 14.4. The Morgan fingerprint density at radius 3 is 0.542 bits per heavy atom. The van der Waals surface area contributed by atoms with Gasteiger partial charge in [0.1, 0.15) is 0 Å². The molecule has 11 saturated carbocycles. The van der Waals surface area contributed by atoms with Gasteiger partial charge in [-0.2, -0.15) is 0 Å². The SMILES string of the molecule is C1CC2C1C1C2C2C1C1C2C2C1C1C3C4C5C6CCC6C5C4C3C21. The molecule has 24 heavy (non-hydrogen) atoms. The molecule has 11 fully saturated rings. The van der Waals surface area contributed by atoms with Crippen LogP contribution in [0, 0.1) is 118 Å². The normalized spacial score (nSPS) is 94.0. The van der Waals surface area contributed by atoms with Crippen LogP contribution in [0.25, 0.3) is 0 Å². The fourth-order valence-corrected chi connectivity index (χ4v) is 14.3. The first kappa shape index (κ1) is 11.0. The van der Waals surface area contributed by atoms with Gasteiger partial charge in [-0.15, -0.1) is 0 Å². The van der Waals surface area contributed by atoms with E-state index in [1.807, 2.05) is 0 Å². The molecular weight excluding hydrogens is 288 g/mol. The summed E-state index contributed by atoms with van der Waals surface area (Å²) in [7, 11) is 0. The highest BCUT2D eigenvalue weighted by Gasteiger charge is 2.93. The first-order chi connectivity index (χ1) is 12.0. The molecule has 0 amide bonds. The average molecular weight is 316 g/mol. The molecule has 124 valence electrons. The smallest absolute Gasteiger partial charge is 0.0312 e. The van der Waals surface area contributed by atoms with Crippen molar-refractivity contribution in [2.75, 3.05) is 0 Å². The Kier molecular flexibility index (Phi) is 1.24. The Balaban J connectivity index is 0.945. The average Bonchev–Trinajstić information content (AvgIpc) is 2.49. The maximum Gasteiger partial charge on any atom is -0.0312 e. The topological polar surface area (TPSA) is 0 Å². The van der Waals surface area contributed by atoms with Crippen LogP contribution < -0.4 is 0 Å². The highest BCUT2D eigenvalue weighted by atomic mass is 15.0. The summed E-state index contributed by atoms with van der Waals surface area (Å²) in [6, 6.07) is 0. The summed E-state index contributed by atoms with van der Waals surface area (Å²) in [6.07, 6.45) is 6.58. The van der Waals surface area contributed by atoms with Crippen molar-refractivity contribution in [2.24, 2.45) is 118 Å². The fraction of sp³-hybridized carbons (Fsp3) is 1.00. The van der Waals surface area contributed by atoms with Gasteiger partial charge in [0.05, 0.1) is 0 Å². The highest BCUT2D eigenvalue weighted by Crippen LogP contribution is 2.96. The lowest BCUT2D eigenvalue weighted by Crippen LogP contribution is -2.94. The predicted octanol–water partition coefficient (Wildman–Crippen LogP) is 4.02. The zero-order chi connectivity index (χ0) is 14.4. The molecule has 0 aromatic rings. The minimum Gasteiger partial charge on any atom is -0.0496 e. The van der Waals surface area contributed by atoms with Crippen LogP contribution >= 0.6 is 0 Å². The third kappa shape index (κ3) is 0.652. The molecule has 0 heteroatoms. The van der Waals surface area contributed by atoms with Crippen LogP contribution in [-0.4, -0.2) is 0 Å². The van der Waals surface area contributed by atoms with Gasteiger partial charge >= 0.3 is 0 Å². The summed E-state index contributed by atoms with van der Waals surface area (Å²) in [5, 5.41) is 0. The van der Waals surface area contributed by atoms with Crippen molar-refractivity contribution in [1.82, 2.24) is 0 Å². The van der Waals surface area contributed by atoms with E-state index in [9.17, 15) is 0 Å². The van der Waals surface area contributed by atoms with Crippen LogP contribution in [0.3, 0.4) is 0 Å². The van der Waals surface area contributed by atoms with E-state index in [0.29, 0.717) is 0 Å². The van der Waals surface area contributed by atoms with E-state index >= 15 is 0 Å². The van der Waals surface area contributed by atoms with Crippen LogP contribution in [0.1, 0.15) is 25.7 Å². The third-order valence-electron chi connectivity index (χ3n) is 14.5. The Morgan fingerprint density at radius 2 is 0.375 bits per heavy atom. The summed E-state index contributed by atoms with van der Waals surface area (Å²) in [5.41, 5.74) is 0. The molecular formula is C24H28. The monoisotopic (exact) mass is 316 g/mol. The second-order valence-corrected chi connectivity index (χ2v) is 13.0. The van der Waals surface area contributed by atoms with E-state index in [1.54, 1.807) is 25.7 Å². The van der Waals surface area contributed by atoms with Crippen molar-refractivity contribution in [3.63, 3.8) is 0 Å². The Morgan fingerprint density at radius 1 is 0.208 bits per heavy atom. The molecule has 0 spiro atoms. The molecule has 0 N–H and O–H groups in total. The second-order valence-electron chi connectivity index (χ2n) is 13.0. The van der Waals surface area contributed by atoms with Gasteiger partial charge in [0, 0.05) is 0 Å². The Hall–Kier alpha value is 0. The standard InChI is InChI=1S/C24H28/c1-2-6-5(1)9-10(6)14-13(9)17-18(14)22-21(17)23-19-15-11-7-3-4-8(7)12(11)16(15)20(19)24(22)23/h5-24H,1-4H2. The van der Waals surface area contributed by atoms with Crippen LogP contribution in [-0.2, 0) is 0 Å². The van der Waals surface area contributed by atoms with Gasteiger partial charge in [-0.3, -0.25) is 0 Å². The van der Waals surface area contributed by atoms with E-state index in [-0.39, 0.29) is 0 Å². The lowest BCUT2D eigenvalue weighted by Gasteiger charge is -2.97. The van der Waals surface area contributed by atoms with Gasteiger partial charge in [-0.25, -0.2) is 0 Å². The van der Waals surface area contributed by atoms with E-state index in [1.165, 1.54) is 118 Å². The molecule has 11 aliphatic carbocycles. The fourth-order valence-electron chi connectivity index (χ4n) is 14.3. The Labute approximate surface area is 144 Å². The van der Waals surface area contributed by atoms with Gasteiger partial charge in [-0.05, 0) is 144 Å². The van der Waals surface area contributed by atoms with Gasteiger partial charge in [0.15, 0.2) is 0 Å². The third-order valence-corrected chi connectivity index (χ3v) is 14.5. The summed E-state index contributed by atoms with van der Waals surface area (Å²) >= 11 is 0. The highest BCUT2D eigenvalue weighted by molar-refractivity contribution is 5.39. The van der Waals surface area contributed by atoms with Crippen LogP contribution in [0.15, 0.2) is 0 Å². The van der Waals surface area contributed by atoms with E-state index in [4.69, 9.17) is 0 Å². The maximum absolute atomic E-state index is 1.65. The van der Waals surface area contributed by atoms with Crippen molar-refractivity contribution in [2.45, 2.75) is 25.7 Å². The van der Waals surface area contributed by atoms with Gasteiger partial charge in [0.2, 0.25) is 0 Å². The minimum atomic E-state index is 1.27. The molecule has 0 heterocycles. The molecule has 16 atom stereocenters. The lowest BCUT2D eigenvalue weighted by atomic mass is 9.07. The molecule has 0 radical (unpaired) electrons. The quantitative estimate of drug-likeness (QED) is 0.592. The van der Waals surface area contributed by atoms with Crippen molar-refractivity contribution >= 4 is 0 Å². The second kappa shape index (κ2) is 2.72. The summed E-state index contributed by atoms with van der Waals surface area (Å²) in [5.74, 6) is 26.1. The van der Waals surface area contributed by atoms with Crippen LogP contribution in [0.4, 0.5) is 0 Å². The molecule has 16 unspecified atom stereocenters. The molecule has 0 aromatic heterocycles. The molecule has 0 aromatic carbocycles. The zero-order valence-corrected chi connectivity index (χ0v) is 14.4. The van der Waals surface area contributed by atoms with Crippen molar-refractivity contribution in [1.29, 1.82) is 0 Å². The summed E-state index contributed by atoms with van der Waals surface area (Å²) in [4.78, 5) is 0. The Bertz CT molecular complexity index is 632. The van der Waals surface area contributed by atoms with Crippen LogP contribution in [0.2, 0.25) is 0 Å². The first-order valence-corrected chi connectivity index (χ1v) is 12.0. The van der Waals surface area contributed by atoms with Crippen molar-refractivity contribution in [3.8, 4) is 0 Å². The molecule has 11 aliphatic rings. The van der Waals surface area contributed by atoms with E-state index < -0.39 is 0 Å². The van der Waals surface area contributed by atoms with E-state index in [0.717, 1.165) is 0 Å².